The molecule has 0 amide bonds. The van der Waals surface area contributed by atoms with Crippen LogP contribution in [0.5, 0.6) is 11.5 Å². The molecule has 0 atom stereocenters. The first kappa shape index (κ1) is 23.0. The average Bonchev–Trinajstić information content (AvgIpc) is 3.33. The lowest BCUT2D eigenvalue weighted by atomic mass is 10.0. The number of hydrogen-bond acceptors (Lipinski definition) is 6. The molecule has 0 bridgehead atoms. The third-order valence-corrected chi connectivity index (χ3v) is 8.63. The van der Waals surface area contributed by atoms with Crippen molar-refractivity contribution in [3.8, 4) is 11.5 Å². The summed E-state index contributed by atoms with van der Waals surface area (Å²) in [6.07, 6.45) is 2.90. The van der Waals surface area contributed by atoms with E-state index in [2.05, 4.69) is 4.98 Å². The number of anilines is 1. The molecule has 1 saturated heterocycles. The molecule has 1 fully saturated rings. The average molecular weight is 516 g/mol. The highest BCUT2D eigenvalue weighted by molar-refractivity contribution is 7.89. The summed E-state index contributed by atoms with van der Waals surface area (Å²) in [4.78, 5) is 7.29. The van der Waals surface area contributed by atoms with Gasteiger partial charge < -0.3 is 14.4 Å². The largest absolute Gasteiger partial charge is 0.454 e. The summed E-state index contributed by atoms with van der Waals surface area (Å²) in [5.41, 5.74) is 0.750. The van der Waals surface area contributed by atoms with E-state index in [1.54, 1.807) is 24.4 Å². The van der Waals surface area contributed by atoms with Gasteiger partial charge in [0.1, 0.15) is 10.8 Å². The Morgan fingerprint density at radius 2 is 1.76 bits per heavy atom. The maximum absolute atomic E-state index is 13.3. The van der Waals surface area contributed by atoms with Crippen LogP contribution in [0.3, 0.4) is 0 Å². The van der Waals surface area contributed by atoms with Gasteiger partial charge in [0.05, 0.1) is 9.92 Å². The van der Waals surface area contributed by atoms with Crippen LogP contribution in [0.15, 0.2) is 71.8 Å². The van der Waals surface area contributed by atoms with Crippen molar-refractivity contribution in [2.24, 2.45) is 0 Å². The number of nitrogens with zero attached hydrogens (tertiary/aromatic N) is 3. The molecule has 0 spiro atoms. The van der Waals surface area contributed by atoms with Crippen LogP contribution in [0.2, 0.25) is 5.02 Å². The van der Waals surface area contributed by atoms with Crippen LogP contribution < -0.4 is 14.4 Å². The van der Waals surface area contributed by atoms with E-state index < -0.39 is 10.0 Å². The van der Waals surface area contributed by atoms with Crippen LogP contribution in [-0.4, -0.2) is 48.6 Å². The SMILES string of the molecule is O=S(=O)(c1ccc2c(c1)OCO2)N1CCC(N(C(=S)c2ccccc2Cl)c2ccccn2)CC1. The summed E-state index contributed by atoms with van der Waals surface area (Å²) in [6.45, 7) is 0.810. The molecule has 0 saturated carbocycles. The number of benzene rings is 2. The van der Waals surface area contributed by atoms with Gasteiger partial charge >= 0.3 is 0 Å². The van der Waals surface area contributed by atoms with E-state index in [1.165, 1.54) is 10.4 Å². The summed E-state index contributed by atoms with van der Waals surface area (Å²) in [7, 11) is -3.67. The standard InChI is InChI=1S/C24H22ClN3O4S2/c25-20-6-2-1-5-19(20)24(33)28(23-7-3-4-12-26-23)17-10-13-27(14-11-17)34(29,30)18-8-9-21-22(15-18)32-16-31-21/h1-9,12,15,17H,10-11,13-14,16H2. The fourth-order valence-corrected chi connectivity index (χ4v) is 6.43. The lowest BCUT2D eigenvalue weighted by molar-refractivity contribution is 0.174. The fourth-order valence-electron chi connectivity index (χ4n) is 4.24. The van der Waals surface area contributed by atoms with Gasteiger partial charge in [-0.2, -0.15) is 4.31 Å². The van der Waals surface area contributed by atoms with Crippen LogP contribution in [0.4, 0.5) is 5.82 Å². The molecule has 1 aromatic heterocycles. The molecule has 2 aliphatic heterocycles. The molecular formula is C24H22ClN3O4S2. The van der Waals surface area contributed by atoms with Gasteiger partial charge in [0.2, 0.25) is 16.8 Å². The van der Waals surface area contributed by atoms with Crippen LogP contribution >= 0.6 is 23.8 Å². The second-order valence-corrected chi connectivity index (χ2v) is 10.7. The van der Waals surface area contributed by atoms with E-state index in [-0.39, 0.29) is 17.7 Å². The number of halogens is 1. The van der Waals surface area contributed by atoms with Crippen molar-refractivity contribution >= 4 is 44.6 Å². The first-order valence-electron chi connectivity index (χ1n) is 10.8. The van der Waals surface area contributed by atoms with E-state index in [0.29, 0.717) is 53.3 Å². The Morgan fingerprint density at radius 3 is 2.50 bits per heavy atom. The molecule has 3 aromatic rings. The summed E-state index contributed by atoms with van der Waals surface area (Å²) in [6, 6.07) is 17.8. The van der Waals surface area contributed by atoms with Crippen molar-refractivity contribution in [3.05, 3.63) is 77.4 Å². The van der Waals surface area contributed by atoms with Crippen molar-refractivity contribution in [2.75, 3.05) is 24.8 Å². The Hall–Kier alpha value is -2.72. The molecule has 5 rings (SSSR count). The maximum Gasteiger partial charge on any atom is 0.243 e. The van der Waals surface area contributed by atoms with Crippen LogP contribution in [0.25, 0.3) is 0 Å². The van der Waals surface area contributed by atoms with Gasteiger partial charge in [-0.3, -0.25) is 0 Å². The number of ether oxygens (including phenoxy) is 2. The van der Waals surface area contributed by atoms with Crippen molar-refractivity contribution < 1.29 is 17.9 Å². The molecule has 0 N–H and O–H groups in total. The van der Waals surface area contributed by atoms with Crippen molar-refractivity contribution in [1.29, 1.82) is 0 Å². The highest BCUT2D eigenvalue weighted by Gasteiger charge is 2.34. The van der Waals surface area contributed by atoms with Crippen LogP contribution in [0.1, 0.15) is 18.4 Å². The highest BCUT2D eigenvalue weighted by atomic mass is 35.5. The second kappa shape index (κ2) is 9.50. The number of sulfonamides is 1. The van der Waals surface area contributed by atoms with Crippen LogP contribution in [0, 0.1) is 0 Å². The number of pyridine rings is 1. The molecule has 3 heterocycles. The minimum atomic E-state index is -3.67. The van der Waals surface area contributed by atoms with Gasteiger partial charge in [0.25, 0.3) is 0 Å². The minimum Gasteiger partial charge on any atom is -0.454 e. The molecule has 7 nitrogen and oxygen atoms in total. The Morgan fingerprint density at radius 1 is 1.03 bits per heavy atom. The Balaban J connectivity index is 1.38. The number of fused-ring (bicyclic) bond motifs is 1. The second-order valence-electron chi connectivity index (χ2n) is 7.99. The molecule has 2 aliphatic rings. The zero-order valence-corrected chi connectivity index (χ0v) is 20.5. The number of rotatable bonds is 5. The summed E-state index contributed by atoms with van der Waals surface area (Å²) in [5, 5.41) is 0.566. The molecule has 34 heavy (non-hydrogen) atoms. The third kappa shape index (κ3) is 4.36. The van der Waals surface area contributed by atoms with Crippen molar-refractivity contribution in [2.45, 2.75) is 23.8 Å². The summed E-state index contributed by atoms with van der Waals surface area (Å²) in [5.74, 6) is 1.71. The van der Waals surface area contributed by atoms with Gasteiger partial charge in [-0.1, -0.05) is 48.1 Å². The van der Waals surface area contributed by atoms with Gasteiger partial charge in [0, 0.05) is 37.0 Å². The Kier molecular flexibility index (Phi) is 6.44. The zero-order chi connectivity index (χ0) is 23.7. The van der Waals surface area contributed by atoms with E-state index in [0.717, 1.165) is 5.56 Å². The summed E-state index contributed by atoms with van der Waals surface area (Å²) >= 11 is 12.3. The van der Waals surface area contributed by atoms with E-state index in [9.17, 15) is 8.42 Å². The zero-order valence-electron chi connectivity index (χ0n) is 18.1. The van der Waals surface area contributed by atoms with Crippen molar-refractivity contribution in [1.82, 2.24) is 9.29 Å². The van der Waals surface area contributed by atoms with Gasteiger partial charge in [0.15, 0.2) is 11.5 Å². The van der Waals surface area contributed by atoms with Crippen molar-refractivity contribution in [3.63, 3.8) is 0 Å². The van der Waals surface area contributed by atoms with Gasteiger partial charge in [-0.05, 0) is 43.2 Å². The number of hydrogen-bond donors (Lipinski definition) is 0. The van der Waals surface area contributed by atoms with E-state index in [4.69, 9.17) is 33.3 Å². The predicted molar refractivity (Wildman–Crippen MR) is 134 cm³/mol. The maximum atomic E-state index is 13.3. The highest BCUT2D eigenvalue weighted by Crippen LogP contribution is 2.35. The van der Waals surface area contributed by atoms with Crippen LogP contribution in [-0.2, 0) is 10.0 Å². The van der Waals surface area contributed by atoms with E-state index >= 15 is 0 Å². The molecular weight excluding hydrogens is 494 g/mol. The molecule has 2 aromatic carbocycles. The predicted octanol–water partition coefficient (Wildman–Crippen LogP) is 4.50. The molecule has 10 heteroatoms. The quantitative estimate of drug-likeness (QED) is 0.463. The summed E-state index contributed by atoms with van der Waals surface area (Å²) < 4.78 is 38.7. The van der Waals surface area contributed by atoms with Gasteiger partial charge in [-0.15, -0.1) is 0 Å². The lowest BCUT2D eigenvalue weighted by Gasteiger charge is -2.39. The smallest absolute Gasteiger partial charge is 0.243 e. The fraction of sp³-hybridized carbons (Fsp3) is 0.250. The number of aromatic nitrogens is 1. The molecule has 0 radical (unpaired) electrons. The third-order valence-electron chi connectivity index (χ3n) is 5.99. The first-order valence-corrected chi connectivity index (χ1v) is 13.1. The van der Waals surface area contributed by atoms with Gasteiger partial charge in [-0.25, -0.2) is 13.4 Å². The Bertz CT molecular complexity index is 1310. The Labute approximate surface area is 208 Å². The first-order chi connectivity index (χ1) is 16.4. The lowest BCUT2D eigenvalue weighted by Crippen LogP contribution is -2.49. The topological polar surface area (TPSA) is 72.0 Å². The molecule has 0 unspecified atom stereocenters. The normalized spacial score (nSPS) is 16.4. The molecule has 176 valence electrons. The molecule has 0 aliphatic carbocycles. The number of piperidine rings is 1. The van der Waals surface area contributed by atoms with E-state index in [1.807, 2.05) is 41.3 Å². The minimum absolute atomic E-state index is 0.0260. The monoisotopic (exact) mass is 515 g/mol. The number of thiocarbonyl (C=S) groups is 1.